The highest BCUT2D eigenvalue weighted by Gasteiger charge is 2.23. The molecule has 1 aromatic rings. The van der Waals surface area contributed by atoms with E-state index >= 15 is 0 Å². The van der Waals surface area contributed by atoms with E-state index in [0.717, 1.165) is 32.5 Å². The fourth-order valence-corrected chi connectivity index (χ4v) is 2.65. The first-order chi connectivity index (χ1) is 9.49. The van der Waals surface area contributed by atoms with Crippen molar-refractivity contribution in [1.29, 1.82) is 0 Å². The first kappa shape index (κ1) is 15.0. The van der Waals surface area contributed by atoms with Crippen molar-refractivity contribution in [3.05, 3.63) is 17.0 Å². The van der Waals surface area contributed by atoms with Crippen molar-refractivity contribution in [2.45, 2.75) is 39.5 Å². The van der Waals surface area contributed by atoms with Crippen molar-refractivity contribution in [3.63, 3.8) is 0 Å². The van der Waals surface area contributed by atoms with E-state index in [4.69, 9.17) is 4.52 Å². The molecule has 112 valence electrons. The monoisotopic (exact) mass is 279 g/mol. The van der Waals surface area contributed by atoms with Crippen molar-refractivity contribution in [2.75, 3.05) is 26.7 Å². The summed E-state index contributed by atoms with van der Waals surface area (Å²) in [5, 5.41) is 6.97. The van der Waals surface area contributed by atoms with E-state index in [9.17, 15) is 4.79 Å². The number of carbonyl (C=O) groups is 1. The second-order valence-electron chi connectivity index (χ2n) is 6.12. The maximum atomic E-state index is 12.3. The fourth-order valence-electron chi connectivity index (χ4n) is 2.65. The lowest BCUT2D eigenvalue weighted by Gasteiger charge is -2.28. The lowest BCUT2D eigenvalue weighted by Crippen LogP contribution is -2.37. The third kappa shape index (κ3) is 3.39. The van der Waals surface area contributed by atoms with Gasteiger partial charge in [0.15, 0.2) is 5.76 Å². The molecule has 2 heterocycles. The molecule has 0 aromatic carbocycles. The van der Waals surface area contributed by atoms with Gasteiger partial charge < -0.3 is 14.7 Å². The number of piperidine rings is 1. The molecule has 1 aliphatic heterocycles. The van der Waals surface area contributed by atoms with Crippen LogP contribution in [0.15, 0.2) is 4.52 Å². The van der Waals surface area contributed by atoms with E-state index in [1.54, 1.807) is 0 Å². The van der Waals surface area contributed by atoms with Gasteiger partial charge in [0.1, 0.15) is 5.56 Å². The predicted molar refractivity (Wildman–Crippen MR) is 77.9 cm³/mol. The molecule has 1 amide bonds. The summed E-state index contributed by atoms with van der Waals surface area (Å²) in [5.41, 5.74) is 1.29. The minimum atomic E-state index is -0.0496. The van der Waals surface area contributed by atoms with E-state index in [2.05, 4.69) is 22.4 Å². The van der Waals surface area contributed by atoms with Crippen LogP contribution >= 0.6 is 0 Å². The van der Waals surface area contributed by atoms with Gasteiger partial charge in [0.25, 0.3) is 5.91 Å². The maximum Gasteiger partial charge on any atom is 0.256 e. The standard InChI is InChI=1S/C15H25N3O2/c1-10(2)14-13(11(3)17-20-14)15(19)16-9-12-5-7-18(4)8-6-12/h10,12H,5-9H2,1-4H3,(H,16,19). The summed E-state index contributed by atoms with van der Waals surface area (Å²) in [4.78, 5) is 14.7. The number of likely N-dealkylation sites (tertiary alicyclic amines) is 1. The molecule has 5 nitrogen and oxygen atoms in total. The molecule has 1 aliphatic rings. The SMILES string of the molecule is Cc1noc(C(C)C)c1C(=O)NCC1CCN(C)CC1. The van der Waals surface area contributed by atoms with Crippen LogP contribution in [0.3, 0.4) is 0 Å². The molecule has 1 fully saturated rings. The number of hydrogen-bond acceptors (Lipinski definition) is 4. The number of hydrogen-bond donors (Lipinski definition) is 1. The Hall–Kier alpha value is -1.36. The summed E-state index contributed by atoms with van der Waals surface area (Å²) in [6, 6.07) is 0. The molecular weight excluding hydrogens is 254 g/mol. The van der Waals surface area contributed by atoms with E-state index in [1.165, 1.54) is 0 Å². The number of nitrogens with zero attached hydrogens (tertiary/aromatic N) is 2. The van der Waals surface area contributed by atoms with Crippen LogP contribution in [-0.2, 0) is 0 Å². The number of carbonyl (C=O) groups excluding carboxylic acids is 1. The van der Waals surface area contributed by atoms with Crippen molar-refractivity contribution < 1.29 is 9.32 Å². The van der Waals surface area contributed by atoms with Gasteiger partial charge in [0, 0.05) is 12.5 Å². The van der Waals surface area contributed by atoms with E-state index in [-0.39, 0.29) is 11.8 Å². The normalized spacial score (nSPS) is 17.6. The highest BCUT2D eigenvalue weighted by molar-refractivity contribution is 5.96. The lowest BCUT2D eigenvalue weighted by molar-refractivity contribution is 0.0936. The van der Waals surface area contributed by atoms with Gasteiger partial charge in [0.05, 0.1) is 5.69 Å². The van der Waals surface area contributed by atoms with Gasteiger partial charge in [-0.15, -0.1) is 0 Å². The van der Waals surface area contributed by atoms with Crippen LogP contribution in [0, 0.1) is 12.8 Å². The highest BCUT2D eigenvalue weighted by Crippen LogP contribution is 2.22. The quantitative estimate of drug-likeness (QED) is 0.917. The summed E-state index contributed by atoms with van der Waals surface area (Å²) in [7, 11) is 2.14. The summed E-state index contributed by atoms with van der Waals surface area (Å²) in [5.74, 6) is 1.38. The molecule has 0 radical (unpaired) electrons. The van der Waals surface area contributed by atoms with Gasteiger partial charge in [-0.2, -0.15) is 0 Å². The van der Waals surface area contributed by atoms with Crippen LogP contribution in [0.5, 0.6) is 0 Å². The van der Waals surface area contributed by atoms with Crippen LogP contribution in [0.1, 0.15) is 54.4 Å². The van der Waals surface area contributed by atoms with Gasteiger partial charge in [-0.25, -0.2) is 0 Å². The smallest absolute Gasteiger partial charge is 0.256 e. The third-order valence-electron chi connectivity index (χ3n) is 4.03. The molecular formula is C15H25N3O2. The Morgan fingerprint density at radius 2 is 2.10 bits per heavy atom. The molecule has 0 saturated carbocycles. The highest BCUT2D eigenvalue weighted by atomic mass is 16.5. The first-order valence-electron chi connectivity index (χ1n) is 7.42. The van der Waals surface area contributed by atoms with Crippen LogP contribution in [-0.4, -0.2) is 42.6 Å². The van der Waals surface area contributed by atoms with Crippen LogP contribution < -0.4 is 5.32 Å². The molecule has 0 spiro atoms. The van der Waals surface area contributed by atoms with Gasteiger partial charge in [-0.1, -0.05) is 19.0 Å². The Kier molecular flexibility index (Phi) is 4.81. The Balaban J connectivity index is 1.93. The molecule has 1 aromatic heterocycles. The lowest BCUT2D eigenvalue weighted by atomic mass is 9.97. The zero-order chi connectivity index (χ0) is 14.7. The third-order valence-corrected chi connectivity index (χ3v) is 4.03. The van der Waals surface area contributed by atoms with Crippen molar-refractivity contribution in [3.8, 4) is 0 Å². The summed E-state index contributed by atoms with van der Waals surface area (Å²) in [6.45, 7) is 8.81. The van der Waals surface area contributed by atoms with Crippen molar-refractivity contribution in [2.24, 2.45) is 5.92 Å². The minimum Gasteiger partial charge on any atom is -0.360 e. The Morgan fingerprint density at radius 1 is 1.45 bits per heavy atom. The average Bonchev–Trinajstić information content (AvgIpc) is 2.80. The predicted octanol–water partition coefficient (Wildman–Crippen LogP) is 2.18. The molecule has 1 saturated heterocycles. The maximum absolute atomic E-state index is 12.3. The van der Waals surface area contributed by atoms with Crippen LogP contribution in [0.4, 0.5) is 0 Å². The number of amides is 1. The fraction of sp³-hybridized carbons (Fsp3) is 0.733. The summed E-state index contributed by atoms with van der Waals surface area (Å²) in [6.07, 6.45) is 2.30. The molecule has 0 atom stereocenters. The van der Waals surface area contributed by atoms with E-state index in [1.807, 2.05) is 20.8 Å². The van der Waals surface area contributed by atoms with Crippen LogP contribution in [0.25, 0.3) is 0 Å². The second kappa shape index (κ2) is 6.39. The number of rotatable bonds is 4. The topological polar surface area (TPSA) is 58.4 Å². The first-order valence-corrected chi connectivity index (χ1v) is 7.42. The van der Waals surface area contributed by atoms with Gasteiger partial charge in [0.2, 0.25) is 0 Å². The Bertz CT molecular complexity index is 460. The van der Waals surface area contributed by atoms with Gasteiger partial charge in [-0.3, -0.25) is 4.79 Å². The van der Waals surface area contributed by atoms with E-state index < -0.39 is 0 Å². The average molecular weight is 279 g/mol. The summed E-state index contributed by atoms with van der Waals surface area (Å²) < 4.78 is 5.27. The number of aromatic nitrogens is 1. The molecule has 0 bridgehead atoms. The molecule has 2 rings (SSSR count). The molecule has 5 heteroatoms. The molecule has 1 N–H and O–H groups in total. The Labute approximate surface area is 120 Å². The van der Waals surface area contributed by atoms with E-state index in [0.29, 0.717) is 22.9 Å². The minimum absolute atomic E-state index is 0.0496. The molecule has 0 unspecified atom stereocenters. The van der Waals surface area contributed by atoms with Gasteiger partial charge in [-0.05, 0) is 45.8 Å². The summed E-state index contributed by atoms with van der Waals surface area (Å²) >= 11 is 0. The largest absolute Gasteiger partial charge is 0.360 e. The zero-order valence-electron chi connectivity index (χ0n) is 12.9. The number of nitrogens with one attached hydrogen (secondary N) is 1. The second-order valence-corrected chi connectivity index (χ2v) is 6.12. The Morgan fingerprint density at radius 3 is 2.70 bits per heavy atom. The number of aryl methyl sites for hydroxylation is 1. The van der Waals surface area contributed by atoms with Crippen molar-refractivity contribution in [1.82, 2.24) is 15.4 Å². The molecule has 20 heavy (non-hydrogen) atoms. The van der Waals surface area contributed by atoms with Crippen molar-refractivity contribution >= 4 is 5.91 Å². The molecule has 0 aliphatic carbocycles. The zero-order valence-corrected chi connectivity index (χ0v) is 12.9. The van der Waals surface area contributed by atoms with Gasteiger partial charge >= 0.3 is 0 Å². The van der Waals surface area contributed by atoms with Crippen LogP contribution in [0.2, 0.25) is 0 Å².